The zero-order valence-electron chi connectivity index (χ0n) is 10.5. The van der Waals surface area contributed by atoms with E-state index in [9.17, 15) is 4.39 Å². The van der Waals surface area contributed by atoms with Gasteiger partial charge in [0.25, 0.3) is 0 Å². The molecule has 3 rings (SSSR count). The molecular weight excluding hydrogens is 298 g/mol. The van der Waals surface area contributed by atoms with Gasteiger partial charge in [-0.15, -0.1) is 0 Å². The molecule has 1 aromatic heterocycles. The molecule has 0 aliphatic carbocycles. The number of fused-ring (bicyclic) bond motifs is 1. The van der Waals surface area contributed by atoms with Crippen molar-refractivity contribution in [3.63, 3.8) is 0 Å². The van der Waals surface area contributed by atoms with E-state index in [2.05, 4.69) is 9.97 Å². The van der Waals surface area contributed by atoms with Crippen LogP contribution in [0.4, 0.5) is 4.39 Å². The number of aryl methyl sites for hydroxylation is 1. The van der Waals surface area contributed by atoms with Crippen LogP contribution in [0.5, 0.6) is 0 Å². The molecule has 5 heteroatoms. The van der Waals surface area contributed by atoms with Gasteiger partial charge in [0.1, 0.15) is 11.0 Å². The lowest BCUT2D eigenvalue weighted by atomic mass is 10.1. The highest BCUT2D eigenvalue weighted by atomic mass is 35.5. The number of hydrogen-bond acceptors (Lipinski definition) is 2. The van der Waals surface area contributed by atoms with Crippen LogP contribution in [0.15, 0.2) is 36.4 Å². The largest absolute Gasteiger partial charge is 0.228 e. The Morgan fingerprint density at radius 3 is 2.55 bits per heavy atom. The Hall–Kier alpha value is -1.71. The van der Waals surface area contributed by atoms with Crippen molar-refractivity contribution in [2.45, 2.75) is 6.92 Å². The first-order valence-corrected chi connectivity index (χ1v) is 6.69. The predicted octanol–water partition coefficient (Wildman–Crippen LogP) is 5.05. The van der Waals surface area contributed by atoms with Gasteiger partial charge in [0, 0.05) is 16.0 Å². The van der Waals surface area contributed by atoms with Gasteiger partial charge in [-0.3, -0.25) is 0 Å². The maximum Gasteiger partial charge on any atom is 0.161 e. The van der Waals surface area contributed by atoms with Gasteiger partial charge in [0.2, 0.25) is 0 Å². The van der Waals surface area contributed by atoms with E-state index in [1.54, 1.807) is 18.2 Å². The number of benzene rings is 2. The zero-order chi connectivity index (χ0) is 14.3. The van der Waals surface area contributed by atoms with Gasteiger partial charge < -0.3 is 0 Å². The van der Waals surface area contributed by atoms with Gasteiger partial charge in [-0.25, -0.2) is 14.4 Å². The van der Waals surface area contributed by atoms with E-state index in [1.165, 1.54) is 12.1 Å². The number of rotatable bonds is 1. The van der Waals surface area contributed by atoms with E-state index in [1.807, 2.05) is 13.0 Å². The zero-order valence-corrected chi connectivity index (χ0v) is 12.0. The second kappa shape index (κ2) is 5.00. The van der Waals surface area contributed by atoms with Crippen LogP contribution in [0.3, 0.4) is 0 Å². The Morgan fingerprint density at radius 2 is 1.80 bits per heavy atom. The summed E-state index contributed by atoms with van der Waals surface area (Å²) in [6, 6.07) is 9.84. The van der Waals surface area contributed by atoms with Gasteiger partial charge in [0.15, 0.2) is 5.82 Å². The van der Waals surface area contributed by atoms with Crippen molar-refractivity contribution >= 4 is 34.1 Å². The van der Waals surface area contributed by atoms with E-state index in [4.69, 9.17) is 23.2 Å². The molecule has 100 valence electrons. The van der Waals surface area contributed by atoms with Gasteiger partial charge in [-0.2, -0.15) is 0 Å². The highest BCUT2D eigenvalue weighted by Gasteiger charge is 2.09. The van der Waals surface area contributed by atoms with E-state index in [0.717, 1.165) is 5.56 Å². The van der Waals surface area contributed by atoms with Crippen LogP contribution in [0.2, 0.25) is 10.2 Å². The van der Waals surface area contributed by atoms with Gasteiger partial charge in [-0.05, 0) is 48.9 Å². The predicted molar refractivity (Wildman–Crippen MR) is 79.7 cm³/mol. The molecule has 0 fully saturated rings. The van der Waals surface area contributed by atoms with Crippen LogP contribution < -0.4 is 0 Å². The van der Waals surface area contributed by atoms with Crippen LogP contribution >= 0.6 is 23.2 Å². The summed E-state index contributed by atoms with van der Waals surface area (Å²) in [5, 5.41) is 1.60. The second-order valence-corrected chi connectivity index (χ2v) is 5.31. The molecule has 0 bridgehead atoms. The molecular formula is C15H9Cl2FN2. The fourth-order valence-corrected chi connectivity index (χ4v) is 2.46. The van der Waals surface area contributed by atoms with Gasteiger partial charge >= 0.3 is 0 Å². The standard InChI is InChI=1S/C15H9Cl2FN2/c1-8-4-9(6-11(18)5-8)15-19-13-7-10(16)2-3-12(13)14(17)20-15/h2-7H,1H3. The second-order valence-electron chi connectivity index (χ2n) is 4.52. The molecule has 20 heavy (non-hydrogen) atoms. The lowest BCUT2D eigenvalue weighted by Crippen LogP contribution is -1.93. The molecule has 0 spiro atoms. The third-order valence-electron chi connectivity index (χ3n) is 2.91. The average Bonchev–Trinajstić information content (AvgIpc) is 2.36. The molecule has 0 atom stereocenters. The van der Waals surface area contributed by atoms with E-state index < -0.39 is 0 Å². The lowest BCUT2D eigenvalue weighted by molar-refractivity contribution is 0.627. The molecule has 0 saturated heterocycles. The SMILES string of the molecule is Cc1cc(F)cc(-c2nc(Cl)c3ccc(Cl)cc3n2)c1. The molecule has 0 unspecified atom stereocenters. The average molecular weight is 307 g/mol. The summed E-state index contributed by atoms with van der Waals surface area (Å²) in [5.74, 6) is 0.0540. The molecule has 0 aliphatic rings. The topological polar surface area (TPSA) is 25.8 Å². The van der Waals surface area contributed by atoms with Gasteiger partial charge in [-0.1, -0.05) is 23.2 Å². The molecule has 0 aliphatic heterocycles. The normalized spacial score (nSPS) is 11.0. The summed E-state index contributed by atoms with van der Waals surface area (Å²) in [6.07, 6.45) is 0. The third-order valence-corrected chi connectivity index (χ3v) is 3.44. The fourth-order valence-electron chi connectivity index (χ4n) is 2.06. The third kappa shape index (κ3) is 2.47. The quantitative estimate of drug-likeness (QED) is 0.588. The highest BCUT2D eigenvalue weighted by Crippen LogP contribution is 2.27. The van der Waals surface area contributed by atoms with E-state index in [-0.39, 0.29) is 5.82 Å². The fraction of sp³-hybridized carbons (Fsp3) is 0.0667. The summed E-state index contributed by atoms with van der Waals surface area (Å²) in [7, 11) is 0. The number of nitrogens with zero attached hydrogens (tertiary/aromatic N) is 2. The van der Waals surface area contributed by atoms with Crippen LogP contribution in [-0.2, 0) is 0 Å². The summed E-state index contributed by atoms with van der Waals surface area (Å²) < 4.78 is 13.5. The van der Waals surface area contributed by atoms with E-state index in [0.29, 0.717) is 32.5 Å². The minimum Gasteiger partial charge on any atom is -0.228 e. The Morgan fingerprint density at radius 1 is 1.00 bits per heavy atom. The van der Waals surface area contributed by atoms with Gasteiger partial charge in [0.05, 0.1) is 5.52 Å². The molecule has 0 radical (unpaired) electrons. The minimum atomic E-state index is -0.328. The maximum atomic E-state index is 13.5. The summed E-state index contributed by atoms with van der Waals surface area (Å²) >= 11 is 12.1. The van der Waals surface area contributed by atoms with Crippen molar-refractivity contribution in [2.24, 2.45) is 0 Å². The minimum absolute atomic E-state index is 0.323. The first kappa shape index (κ1) is 13.3. The molecule has 2 aromatic carbocycles. The van der Waals surface area contributed by atoms with Crippen molar-refractivity contribution in [1.29, 1.82) is 0 Å². The van der Waals surface area contributed by atoms with Crippen LogP contribution in [0.1, 0.15) is 5.56 Å². The van der Waals surface area contributed by atoms with Crippen LogP contribution in [-0.4, -0.2) is 9.97 Å². The lowest BCUT2D eigenvalue weighted by Gasteiger charge is -2.06. The highest BCUT2D eigenvalue weighted by molar-refractivity contribution is 6.35. The summed E-state index contributed by atoms with van der Waals surface area (Å²) in [5.41, 5.74) is 2.02. The first-order valence-electron chi connectivity index (χ1n) is 5.93. The van der Waals surface area contributed by atoms with E-state index >= 15 is 0 Å². The van der Waals surface area contributed by atoms with Crippen molar-refractivity contribution in [1.82, 2.24) is 9.97 Å². The molecule has 0 amide bonds. The van der Waals surface area contributed by atoms with Crippen LogP contribution in [0.25, 0.3) is 22.3 Å². The van der Waals surface area contributed by atoms with Crippen molar-refractivity contribution in [2.75, 3.05) is 0 Å². The Kier molecular flexibility index (Phi) is 3.32. The van der Waals surface area contributed by atoms with Crippen molar-refractivity contribution < 1.29 is 4.39 Å². The number of hydrogen-bond donors (Lipinski definition) is 0. The molecule has 0 saturated carbocycles. The smallest absolute Gasteiger partial charge is 0.161 e. The van der Waals surface area contributed by atoms with Crippen molar-refractivity contribution in [3.05, 3.63) is 58.0 Å². The Balaban J connectivity index is 2.26. The number of halogens is 3. The summed E-state index contributed by atoms with van der Waals surface area (Å²) in [6.45, 7) is 1.81. The molecule has 3 aromatic rings. The monoisotopic (exact) mass is 306 g/mol. The first-order chi connectivity index (χ1) is 9.52. The molecule has 0 N–H and O–H groups in total. The Labute approximate surface area is 125 Å². The maximum absolute atomic E-state index is 13.5. The van der Waals surface area contributed by atoms with Crippen LogP contribution in [0, 0.1) is 12.7 Å². The molecule has 1 heterocycles. The summed E-state index contributed by atoms with van der Waals surface area (Å²) in [4.78, 5) is 8.63. The Bertz CT molecular complexity index is 798. The molecule has 2 nitrogen and oxygen atoms in total. The number of aromatic nitrogens is 2. The van der Waals surface area contributed by atoms with Crippen molar-refractivity contribution in [3.8, 4) is 11.4 Å².